The molecule has 0 spiro atoms. The number of rotatable bonds is 7. The van der Waals surface area contributed by atoms with Gasteiger partial charge in [0.2, 0.25) is 0 Å². The van der Waals surface area contributed by atoms with Crippen LogP contribution in [0, 0.1) is 17.0 Å². The van der Waals surface area contributed by atoms with Gasteiger partial charge in [-0.3, -0.25) is 19.5 Å². The molecule has 3 aromatic rings. The number of hydrogen-bond acceptors (Lipinski definition) is 7. The zero-order chi connectivity index (χ0) is 23.4. The van der Waals surface area contributed by atoms with E-state index in [4.69, 9.17) is 9.47 Å². The Morgan fingerprint density at radius 2 is 1.88 bits per heavy atom. The molecule has 0 saturated carbocycles. The van der Waals surface area contributed by atoms with Crippen LogP contribution in [-0.4, -0.2) is 39.6 Å². The third-order valence-electron chi connectivity index (χ3n) is 4.63. The van der Waals surface area contributed by atoms with Gasteiger partial charge in [-0.05, 0) is 44.2 Å². The van der Waals surface area contributed by atoms with Gasteiger partial charge in [0.25, 0.3) is 11.6 Å². The number of nitro groups is 1. The predicted molar refractivity (Wildman–Crippen MR) is 114 cm³/mol. The molecule has 0 aliphatic carbocycles. The average Bonchev–Trinajstić information content (AvgIpc) is 3.11. The van der Waals surface area contributed by atoms with Gasteiger partial charge in [-0.25, -0.2) is 9.59 Å². The molecule has 32 heavy (non-hydrogen) atoms. The molecule has 1 heterocycles. The summed E-state index contributed by atoms with van der Waals surface area (Å²) in [6.07, 6.45) is 0.377. The first kappa shape index (κ1) is 22.3. The largest absolute Gasteiger partial charge is 0.495 e. The number of nitro benzene ring substituents is 1. The molecule has 11 heteroatoms. The first-order chi connectivity index (χ1) is 15.2. The van der Waals surface area contributed by atoms with Gasteiger partial charge < -0.3 is 19.8 Å². The number of nitrogens with one attached hydrogen (secondary N) is 2. The number of hydrogen-bond donors (Lipinski definition) is 2. The van der Waals surface area contributed by atoms with E-state index in [1.165, 1.54) is 42.9 Å². The highest BCUT2D eigenvalue weighted by Gasteiger charge is 2.21. The number of nitrogens with zero attached hydrogens (tertiary/aromatic N) is 2. The molecule has 0 saturated heterocycles. The summed E-state index contributed by atoms with van der Waals surface area (Å²) in [6, 6.07) is 9.85. The average molecular weight is 440 g/mol. The van der Waals surface area contributed by atoms with E-state index >= 15 is 0 Å². The summed E-state index contributed by atoms with van der Waals surface area (Å²) in [5.74, 6) is -1.22. The van der Waals surface area contributed by atoms with E-state index in [2.05, 4.69) is 10.3 Å². The SMILES string of the molecule is COc1ccc([N+](=O)[O-])cc1NC(=O)C(C)OC(=O)c1ccc(-n2c(C)c[nH]c2=O)cc1. The molecular weight excluding hydrogens is 420 g/mol. The summed E-state index contributed by atoms with van der Waals surface area (Å²) >= 11 is 0. The van der Waals surface area contributed by atoms with Crippen LogP contribution >= 0.6 is 0 Å². The highest BCUT2D eigenvalue weighted by atomic mass is 16.6. The number of anilines is 1. The lowest BCUT2D eigenvalue weighted by molar-refractivity contribution is -0.384. The number of H-pyrrole nitrogens is 1. The number of esters is 1. The number of benzene rings is 2. The Morgan fingerprint density at radius 3 is 2.44 bits per heavy atom. The summed E-state index contributed by atoms with van der Waals surface area (Å²) in [6.45, 7) is 3.13. The number of amides is 1. The van der Waals surface area contributed by atoms with Gasteiger partial charge in [0, 0.05) is 24.0 Å². The quantitative estimate of drug-likeness (QED) is 0.326. The minimum atomic E-state index is -1.19. The van der Waals surface area contributed by atoms with Crippen molar-refractivity contribution in [2.75, 3.05) is 12.4 Å². The van der Waals surface area contributed by atoms with E-state index in [0.29, 0.717) is 11.4 Å². The first-order valence-electron chi connectivity index (χ1n) is 9.43. The number of aromatic nitrogens is 2. The molecule has 0 radical (unpaired) electrons. The molecule has 2 N–H and O–H groups in total. The lowest BCUT2D eigenvalue weighted by Crippen LogP contribution is -2.30. The van der Waals surface area contributed by atoms with Crippen LogP contribution in [0.25, 0.3) is 5.69 Å². The van der Waals surface area contributed by atoms with Crippen LogP contribution in [0.4, 0.5) is 11.4 Å². The van der Waals surface area contributed by atoms with Crippen molar-refractivity contribution in [2.24, 2.45) is 0 Å². The second kappa shape index (κ2) is 9.16. The first-order valence-corrected chi connectivity index (χ1v) is 9.43. The van der Waals surface area contributed by atoms with E-state index < -0.39 is 22.9 Å². The Bertz CT molecular complexity index is 1230. The van der Waals surface area contributed by atoms with Gasteiger partial charge in [0.1, 0.15) is 5.75 Å². The lowest BCUT2D eigenvalue weighted by Gasteiger charge is -2.15. The third-order valence-corrected chi connectivity index (χ3v) is 4.63. The highest BCUT2D eigenvalue weighted by molar-refractivity contribution is 5.98. The van der Waals surface area contributed by atoms with Crippen LogP contribution < -0.4 is 15.7 Å². The topological polar surface area (TPSA) is 146 Å². The summed E-state index contributed by atoms with van der Waals surface area (Å²) in [4.78, 5) is 49.7. The number of non-ortho nitro benzene ring substituents is 1. The Kier molecular flexibility index (Phi) is 6.38. The van der Waals surface area contributed by atoms with Crippen LogP contribution in [0.1, 0.15) is 23.0 Å². The molecule has 0 aliphatic heterocycles. The van der Waals surface area contributed by atoms with Crippen molar-refractivity contribution >= 4 is 23.3 Å². The number of carbonyl (C=O) groups is 2. The van der Waals surface area contributed by atoms with E-state index in [-0.39, 0.29) is 28.4 Å². The van der Waals surface area contributed by atoms with Crippen molar-refractivity contribution in [2.45, 2.75) is 20.0 Å². The minimum Gasteiger partial charge on any atom is -0.495 e. The molecule has 1 amide bonds. The van der Waals surface area contributed by atoms with E-state index in [1.807, 2.05) is 0 Å². The second-order valence-electron chi connectivity index (χ2n) is 6.80. The standard InChI is InChI=1S/C21H20N4O7/c1-12-11-22-21(28)24(12)15-6-4-14(5-7-15)20(27)32-13(2)19(26)23-17-10-16(25(29)30)8-9-18(17)31-3/h4-11,13H,1-3H3,(H,22,28)(H,23,26). The Balaban J connectivity index is 1.69. The van der Waals surface area contributed by atoms with Gasteiger partial charge in [0.05, 0.1) is 29.0 Å². The van der Waals surface area contributed by atoms with Crippen molar-refractivity contribution in [1.29, 1.82) is 0 Å². The molecule has 11 nitrogen and oxygen atoms in total. The molecular formula is C21H20N4O7. The maximum Gasteiger partial charge on any atom is 0.338 e. The lowest BCUT2D eigenvalue weighted by atomic mass is 10.2. The van der Waals surface area contributed by atoms with E-state index in [9.17, 15) is 24.5 Å². The summed E-state index contributed by atoms with van der Waals surface area (Å²) in [5.41, 5.74) is 0.984. The molecule has 0 fully saturated rings. The van der Waals surface area contributed by atoms with Crippen LogP contribution in [0.5, 0.6) is 5.75 Å². The summed E-state index contributed by atoms with van der Waals surface area (Å²) < 4.78 is 11.7. The van der Waals surface area contributed by atoms with Gasteiger partial charge in [-0.2, -0.15) is 0 Å². The maximum absolute atomic E-state index is 12.5. The Hall–Kier alpha value is -4.41. The van der Waals surface area contributed by atoms with Crippen molar-refractivity contribution in [3.8, 4) is 11.4 Å². The monoisotopic (exact) mass is 440 g/mol. The summed E-state index contributed by atoms with van der Waals surface area (Å²) in [7, 11) is 1.35. The van der Waals surface area contributed by atoms with Gasteiger partial charge >= 0.3 is 11.7 Å². The maximum atomic E-state index is 12.5. The fourth-order valence-electron chi connectivity index (χ4n) is 2.95. The number of aromatic amines is 1. The van der Waals surface area contributed by atoms with Gasteiger partial charge in [-0.15, -0.1) is 0 Å². The normalized spacial score (nSPS) is 11.5. The number of aryl methyl sites for hydroxylation is 1. The highest BCUT2D eigenvalue weighted by Crippen LogP contribution is 2.29. The molecule has 1 unspecified atom stereocenters. The van der Waals surface area contributed by atoms with Gasteiger partial charge in [-0.1, -0.05) is 0 Å². The number of methoxy groups -OCH3 is 1. The third kappa shape index (κ3) is 4.67. The minimum absolute atomic E-state index is 0.0752. The van der Waals surface area contributed by atoms with E-state index in [1.54, 1.807) is 25.3 Å². The zero-order valence-electron chi connectivity index (χ0n) is 17.4. The molecule has 1 aromatic heterocycles. The number of imidazole rings is 1. The van der Waals surface area contributed by atoms with Crippen LogP contribution in [0.3, 0.4) is 0 Å². The smallest absolute Gasteiger partial charge is 0.338 e. The van der Waals surface area contributed by atoms with Crippen LogP contribution in [0.2, 0.25) is 0 Å². The van der Waals surface area contributed by atoms with Crippen LogP contribution in [0.15, 0.2) is 53.5 Å². The Morgan fingerprint density at radius 1 is 1.19 bits per heavy atom. The molecule has 0 aliphatic rings. The van der Waals surface area contributed by atoms with Gasteiger partial charge in [0.15, 0.2) is 6.10 Å². The van der Waals surface area contributed by atoms with Crippen molar-refractivity contribution < 1.29 is 24.0 Å². The zero-order valence-corrected chi connectivity index (χ0v) is 17.4. The molecule has 0 bridgehead atoms. The molecule has 1 atom stereocenters. The van der Waals surface area contributed by atoms with Crippen LogP contribution in [-0.2, 0) is 9.53 Å². The van der Waals surface area contributed by atoms with Crippen molar-refractivity contribution in [1.82, 2.24) is 9.55 Å². The number of carbonyl (C=O) groups excluding carboxylic acids is 2. The molecule has 166 valence electrons. The molecule has 3 rings (SSSR count). The predicted octanol–water partition coefficient (Wildman–Crippen LogP) is 2.57. The second-order valence-corrected chi connectivity index (χ2v) is 6.80. The number of ether oxygens (including phenoxy) is 2. The fourth-order valence-corrected chi connectivity index (χ4v) is 2.95. The van der Waals surface area contributed by atoms with Crippen molar-refractivity contribution in [3.05, 3.63) is 80.5 Å². The Labute approximate surface area is 181 Å². The van der Waals surface area contributed by atoms with E-state index in [0.717, 1.165) is 6.07 Å². The van der Waals surface area contributed by atoms with Crippen molar-refractivity contribution in [3.63, 3.8) is 0 Å². The molecule has 2 aromatic carbocycles. The summed E-state index contributed by atoms with van der Waals surface area (Å²) in [5, 5.41) is 13.4. The fraction of sp³-hybridized carbons (Fsp3) is 0.190.